The zero-order valence-electron chi connectivity index (χ0n) is 18.4. The van der Waals surface area contributed by atoms with Crippen LogP contribution in [0.15, 0.2) is 90.0 Å². The van der Waals surface area contributed by atoms with Crippen LogP contribution in [0.5, 0.6) is 5.75 Å². The van der Waals surface area contributed by atoms with E-state index in [-0.39, 0.29) is 12.2 Å². The van der Waals surface area contributed by atoms with Gasteiger partial charge in [0.25, 0.3) is 5.56 Å². The largest absolute Gasteiger partial charge is 0.485 e. The fourth-order valence-corrected chi connectivity index (χ4v) is 3.32. The molecule has 0 saturated carbocycles. The zero-order valence-corrected chi connectivity index (χ0v) is 18.4. The molecule has 6 nitrogen and oxygen atoms in total. The molecule has 33 heavy (non-hydrogen) atoms. The lowest BCUT2D eigenvalue weighted by Gasteiger charge is -2.12. The van der Waals surface area contributed by atoms with Crippen molar-refractivity contribution in [3.8, 4) is 17.6 Å². The predicted octanol–water partition coefficient (Wildman–Crippen LogP) is 4.04. The number of hydrogen-bond donors (Lipinski definition) is 1. The highest BCUT2D eigenvalue weighted by atomic mass is 16.5. The van der Waals surface area contributed by atoms with E-state index < -0.39 is 0 Å². The maximum atomic E-state index is 12.7. The number of hydrogen-bond acceptors (Lipinski definition) is 5. The summed E-state index contributed by atoms with van der Waals surface area (Å²) in [6, 6.07) is 23.0. The zero-order chi connectivity index (χ0) is 22.9. The van der Waals surface area contributed by atoms with E-state index in [9.17, 15) is 4.79 Å². The Bertz CT molecular complexity index is 1320. The van der Waals surface area contributed by atoms with E-state index in [0.29, 0.717) is 24.7 Å². The topological polar surface area (TPSA) is 69.0 Å². The fraction of sp³-hybridized carbons (Fsp3) is 0.148. The van der Waals surface area contributed by atoms with Crippen LogP contribution in [-0.4, -0.2) is 21.1 Å². The summed E-state index contributed by atoms with van der Waals surface area (Å²) in [5.41, 5.74) is 3.65. The number of aryl methyl sites for hydroxylation is 1. The molecular weight excluding hydrogens is 412 g/mol. The molecule has 0 amide bonds. The van der Waals surface area contributed by atoms with Crippen molar-refractivity contribution < 1.29 is 4.74 Å². The Morgan fingerprint density at radius 2 is 1.79 bits per heavy atom. The second kappa shape index (κ2) is 10.8. The molecule has 0 aliphatic rings. The van der Waals surface area contributed by atoms with Crippen LogP contribution in [0.4, 0.5) is 5.69 Å². The van der Waals surface area contributed by atoms with Crippen molar-refractivity contribution in [1.29, 1.82) is 0 Å². The van der Waals surface area contributed by atoms with E-state index in [1.165, 1.54) is 6.07 Å². The van der Waals surface area contributed by atoms with Crippen molar-refractivity contribution in [2.75, 3.05) is 11.9 Å². The van der Waals surface area contributed by atoms with Gasteiger partial charge in [-0.15, -0.1) is 0 Å². The highest BCUT2D eigenvalue weighted by Gasteiger charge is 2.07. The van der Waals surface area contributed by atoms with Crippen molar-refractivity contribution in [1.82, 2.24) is 14.5 Å². The average Bonchev–Trinajstić information content (AvgIpc) is 2.84. The molecule has 4 aromatic rings. The van der Waals surface area contributed by atoms with Crippen molar-refractivity contribution >= 4 is 5.69 Å². The van der Waals surface area contributed by atoms with Crippen LogP contribution in [0.3, 0.4) is 0 Å². The maximum absolute atomic E-state index is 12.7. The molecule has 0 bridgehead atoms. The summed E-state index contributed by atoms with van der Waals surface area (Å²) < 4.78 is 7.42. The number of nitrogens with zero attached hydrogens (tertiary/aromatic N) is 3. The van der Waals surface area contributed by atoms with Gasteiger partial charge in [-0.25, -0.2) is 9.97 Å². The first-order valence-electron chi connectivity index (χ1n) is 10.6. The molecule has 2 heterocycles. The van der Waals surface area contributed by atoms with Crippen molar-refractivity contribution in [3.05, 3.63) is 118 Å². The Morgan fingerprint density at radius 1 is 0.970 bits per heavy atom. The van der Waals surface area contributed by atoms with Crippen molar-refractivity contribution in [3.63, 3.8) is 0 Å². The minimum Gasteiger partial charge on any atom is -0.485 e. The number of ether oxygens (including phenoxy) is 1. The first kappa shape index (κ1) is 21.8. The van der Waals surface area contributed by atoms with Crippen LogP contribution < -0.4 is 15.6 Å². The summed E-state index contributed by atoms with van der Waals surface area (Å²) in [5.74, 6) is 7.39. The Labute approximate surface area is 192 Å². The van der Waals surface area contributed by atoms with Gasteiger partial charge in [0.1, 0.15) is 12.4 Å². The molecule has 6 heteroatoms. The lowest BCUT2D eigenvalue weighted by Crippen LogP contribution is -2.22. The third kappa shape index (κ3) is 6.31. The molecule has 0 aliphatic carbocycles. The Hall–Kier alpha value is -4.37. The minimum atomic E-state index is -0.123. The molecule has 164 valence electrons. The second-order valence-corrected chi connectivity index (χ2v) is 7.43. The molecule has 2 aromatic heterocycles. The van der Waals surface area contributed by atoms with Gasteiger partial charge < -0.3 is 14.6 Å². The van der Waals surface area contributed by atoms with Crippen LogP contribution in [0.1, 0.15) is 22.6 Å². The molecule has 0 radical (unpaired) electrons. The SMILES string of the molecule is Cc1cc(OCc2ncccn2)cc(=O)n1Cc1cccc(C#CCNc2ccccc2)c1. The van der Waals surface area contributed by atoms with Gasteiger partial charge in [-0.05, 0) is 48.9 Å². The molecule has 0 saturated heterocycles. The molecule has 4 rings (SSSR count). The number of rotatable bonds is 7. The van der Waals surface area contributed by atoms with Gasteiger partial charge in [-0.3, -0.25) is 4.79 Å². The second-order valence-electron chi connectivity index (χ2n) is 7.43. The van der Waals surface area contributed by atoms with Gasteiger partial charge in [0.15, 0.2) is 5.82 Å². The van der Waals surface area contributed by atoms with E-state index in [2.05, 4.69) is 27.1 Å². The summed E-state index contributed by atoms with van der Waals surface area (Å²) in [7, 11) is 0. The predicted molar refractivity (Wildman–Crippen MR) is 129 cm³/mol. The van der Waals surface area contributed by atoms with Gasteiger partial charge in [0.2, 0.25) is 0 Å². The first-order valence-corrected chi connectivity index (χ1v) is 10.6. The van der Waals surface area contributed by atoms with Crippen molar-refractivity contribution in [2.24, 2.45) is 0 Å². The summed E-state index contributed by atoms with van der Waals surface area (Å²) in [4.78, 5) is 21.0. The van der Waals surface area contributed by atoms with Gasteiger partial charge in [-0.1, -0.05) is 42.2 Å². The van der Waals surface area contributed by atoms with Gasteiger partial charge in [0.05, 0.1) is 13.1 Å². The monoisotopic (exact) mass is 436 g/mol. The third-order valence-corrected chi connectivity index (χ3v) is 4.95. The minimum absolute atomic E-state index is 0.123. The number of benzene rings is 2. The molecule has 0 spiro atoms. The lowest BCUT2D eigenvalue weighted by molar-refractivity contribution is 0.294. The summed E-state index contributed by atoms with van der Waals surface area (Å²) in [6.45, 7) is 3.13. The number of anilines is 1. The third-order valence-electron chi connectivity index (χ3n) is 4.95. The summed E-state index contributed by atoms with van der Waals surface area (Å²) in [5, 5.41) is 3.27. The normalized spacial score (nSPS) is 10.2. The van der Waals surface area contributed by atoms with Gasteiger partial charge in [0, 0.05) is 35.4 Å². The van der Waals surface area contributed by atoms with Crippen LogP contribution in [0.25, 0.3) is 0 Å². The van der Waals surface area contributed by atoms with E-state index in [4.69, 9.17) is 4.74 Å². The Morgan fingerprint density at radius 3 is 2.58 bits per heavy atom. The summed E-state index contributed by atoms with van der Waals surface area (Å²) in [6.07, 6.45) is 3.32. The highest BCUT2D eigenvalue weighted by Crippen LogP contribution is 2.13. The van der Waals surface area contributed by atoms with E-state index in [0.717, 1.165) is 22.5 Å². The molecule has 0 unspecified atom stereocenters. The Kier molecular flexibility index (Phi) is 7.14. The Balaban J connectivity index is 1.40. The molecule has 1 N–H and O–H groups in total. The number of pyridine rings is 1. The lowest BCUT2D eigenvalue weighted by atomic mass is 10.1. The average molecular weight is 437 g/mol. The van der Waals surface area contributed by atoms with Gasteiger partial charge >= 0.3 is 0 Å². The van der Waals surface area contributed by atoms with Crippen LogP contribution in [-0.2, 0) is 13.2 Å². The van der Waals surface area contributed by atoms with E-state index >= 15 is 0 Å². The molecule has 2 aromatic carbocycles. The summed E-state index contributed by atoms with van der Waals surface area (Å²) >= 11 is 0. The number of para-hydroxylation sites is 1. The fourth-order valence-electron chi connectivity index (χ4n) is 3.32. The molecule has 0 atom stereocenters. The standard InChI is InChI=1S/C27H24N4O2/c1-21-16-25(33-20-26-29-14-7-15-30-26)18-27(32)31(21)19-23-9-5-8-22(17-23)10-6-13-28-24-11-3-2-4-12-24/h2-5,7-9,11-12,14-18,28H,13,19-20H2,1H3. The highest BCUT2D eigenvalue weighted by molar-refractivity contribution is 5.45. The molecule has 0 fully saturated rings. The van der Waals surface area contributed by atoms with Crippen LogP contribution >= 0.6 is 0 Å². The van der Waals surface area contributed by atoms with Crippen LogP contribution in [0.2, 0.25) is 0 Å². The number of nitrogens with one attached hydrogen (secondary N) is 1. The van der Waals surface area contributed by atoms with Crippen LogP contribution in [0, 0.1) is 18.8 Å². The molecular formula is C27H24N4O2. The smallest absolute Gasteiger partial charge is 0.254 e. The van der Waals surface area contributed by atoms with E-state index in [1.54, 1.807) is 23.0 Å². The maximum Gasteiger partial charge on any atom is 0.254 e. The van der Waals surface area contributed by atoms with Gasteiger partial charge in [-0.2, -0.15) is 0 Å². The van der Waals surface area contributed by atoms with E-state index in [1.807, 2.05) is 67.6 Å². The van der Waals surface area contributed by atoms with Crippen molar-refractivity contribution in [2.45, 2.75) is 20.1 Å². The first-order chi connectivity index (χ1) is 16.2. The number of aromatic nitrogens is 3. The molecule has 0 aliphatic heterocycles. The quantitative estimate of drug-likeness (QED) is 0.443.